The van der Waals surface area contributed by atoms with Gasteiger partial charge in [-0.15, -0.1) is 0 Å². The Morgan fingerprint density at radius 3 is 2.56 bits per heavy atom. The number of carboxylic acids is 1. The maximum atomic E-state index is 11.5. The van der Waals surface area contributed by atoms with Crippen LogP contribution in [0, 0.1) is 0 Å². The summed E-state index contributed by atoms with van der Waals surface area (Å²) in [7, 11) is 0. The van der Waals surface area contributed by atoms with E-state index in [4.69, 9.17) is 9.84 Å². The van der Waals surface area contributed by atoms with E-state index in [1.54, 1.807) is 24.3 Å². The number of cyclic esters (lactones) is 1. The van der Waals surface area contributed by atoms with Gasteiger partial charge in [-0.1, -0.05) is 18.2 Å². The van der Waals surface area contributed by atoms with E-state index >= 15 is 0 Å². The van der Waals surface area contributed by atoms with E-state index in [1.165, 1.54) is 11.8 Å². The van der Waals surface area contributed by atoms with Gasteiger partial charge >= 0.3 is 12.1 Å². The van der Waals surface area contributed by atoms with E-state index in [-0.39, 0.29) is 6.54 Å². The zero-order valence-corrected chi connectivity index (χ0v) is 8.71. The van der Waals surface area contributed by atoms with Gasteiger partial charge in [-0.2, -0.15) is 0 Å². The molecule has 5 heteroatoms. The lowest BCUT2D eigenvalue weighted by molar-refractivity contribution is -0.152. The Morgan fingerprint density at radius 1 is 1.44 bits per heavy atom. The van der Waals surface area contributed by atoms with Crippen molar-refractivity contribution in [3.05, 3.63) is 30.3 Å². The molecule has 2 rings (SSSR count). The second kappa shape index (κ2) is 3.52. The maximum absolute atomic E-state index is 11.5. The van der Waals surface area contributed by atoms with Crippen molar-refractivity contribution in [2.75, 3.05) is 11.4 Å². The van der Waals surface area contributed by atoms with Crippen molar-refractivity contribution in [1.29, 1.82) is 0 Å². The first-order valence-corrected chi connectivity index (χ1v) is 4.82. The Bertz CT molecular complexity index is 431. The standard InChI is InChI=1S/C11H11NO4/c1-11(9(13)14)7-12(10(15)16-11)8-5-3-2-4-6-8/h2-6H,7H2,1H3,(H,13,14). The summed E-state index contributed by atoms with van der Waals surface area (Å²) in [5, 5.41) is 8.95. The third-order valence-electron chi connectivity index (χ3n) is 2.51. The minimum Gasteiger partial charge on any atom is -0.478 e. The molecule has 1 aliphatic rings. The van der Waals surface area contributed by atoms with Crippen LogP contribution in [0.15, 0.2) is 30.3 Å². The summed E-state index contributed by atoms with van der Waals surface area (Å²) in [5.74, 6) is -1.14. The van der Waals surface area contributed by atoms with Crippen LogP contribution in [0.25, 0.3) is 0 Å². The molecule has 0 radical (unpaired) electrons. The van der Waals surface area contributed by atoms with Crippen LogP contribution in [0.1, 0.15) is 6.92 Å². The predicted molar refractivity (Wildman–Crippen MR) is 56.3 cm³/mol. The molecule has 0 saturated carbocycles. The van der Waals surface area contributed by atoms with Gasteiger partial charge in [0.1, 0.15) is 0 Å². The fourth-order valence-corrected chi connectivity index (χ4v) is 1.56. The van der Waals surface area contributed by atoms with E-state index in [0.29, 0.717) is 5.69 Å². The molecule has 1 unspecified atom stereocenters. The smallest absolute Gasteiger partial charge is 0.415 e. The highest BCUT2D eigenvalue weighted by molar-refractivity contribution is 5.95. The van der Waals surface area contributed by atoms with Crippen molar-refractivity contribution < 1.29 is 19.4 Å². The molecule has 1 saturated heterocycles. The highest BCUT2D eigenvalue weighted by Gasteiger charge is 2.48. The number of benzene rings is 1. The number of hydrogen-bond acceptors (Lipinski definition) is 3. The first-order valence-electron chi connectivity index (χ1n) is 4.82. The second-order valence-corrected chi connectivity index (χ2v) is 3.83. The molecule has 1 heterocycles. The Balaban J connectivity index is 2.27. The first-order chi connectivity index (χ1) is 7.53. The fourth-order valence-electron chi connectivity index (χ4n) is 1.56. The quantitative estimate of drug-likeness (QED) is 0.821. The van der Waals surface area contributed by atoms with Crippen molar-refractivity contribution in [3.63, 3.8) is 0 Å². The zero-order chi connectivity index (χ0) is 11.8. The number of para-hydroxylation sites is 1. The summed E-state index contributed by atoms with van der Waals surface area (Å²) < 4.78 is 4.86. The monoisotopic (exact) mass is 221 g/mol. The van der Waals surface area contributed by atoms with Crippen LogP contribution in [0.4, 0.5) is 10.5 Å². The Kier molecular flexibility index (Phi) is 2.30. The number of hydrogen-bond donors (Lipinski definition) is 1. The topological polar surface area (TPSA) is 66.8 Å². The van der Waals surface area contributed by atoms with Gasteiger partial charge in [0, 0.05) is 5.69 Å². The Labute approximate surface area is 92.2 Å². The molecular formula is C11H11NO4. The molecule has 1 aromatic carbocycles. The molecule has 0 spiro atoms. The zero-order valence-electron chi connectivity index (χ0n) is 8.71. The van der Waals surface area contributed by atoms with Crippen LogP contribution in [-0.4, -0.2) is 29.3 Å². The summed E-state index contributed by atoms with van der Waals surface area (Å²) >= 11 is 0. The summed E-state index contributed by atoms with van der Waals surface area (Å²) in [6, 6.07) is 8.84. The third kappa shape index (κ3) is 1.60. The number of nitrogens with zero attached hydrogens (tertiary/aromatic N) is 1. The molecule has 1 aromatic rings. The molecular weight excluding hydrogens is 210 g/mol. The van der Waals surface area contributed by atoms with E-state index in [1.807, 2.05) is 6.07 Å². The molecule has 1 fully saturated rings. The third-order valence-corrected chi connectivity index (χ3v) is 2.51. The van der Waals surface area contributed by atoms with E-state index < -0.39 is 17.7 Å². The van der Waals surface area contributed by atoms with Gasteiger partial charge in [-0.05, 0) is 19.1 Å². The fraction of sp³-hybridized carbons (Fsp3) is 0.273. The molecule has 5 nitrogen and oxygen atoms in total. The molecule has 16 heavy (non-hydrogen) atoms. The van der Waals surface area contributed by atoms with Crippen molar-refractivity contribution in [1.82, 2.24) is 0 Å². The summed E-state index contributed by atoms with van der Waals surface area (Å²) in [6.07, 6.45) is -0.629. The molecule has 1 atom stereocenters. The molecule has 0 bridgehead atoms. The van der Waals surface area contributed by atoms with Gasteiger partial charge in [0.25, 0.3) is 0 Å². The predicted octanol–water partition coefficient (Wildman–Crippen LogP) is 1.49. The number of anilines is 1. The highest BCUT2D eigenvalue weighted by Crippen LogP contribution is 2.27. The Hall–Kier alpha value is -2.04. The van der Waals surface area contributed by atoms with Crippen LogP contribution >= 0.6 is 0 Å². The number of aliphatic carboxylic acids is 1. The van der Waals surface area contributed by atoms with Crippen molar-refractivity contribution in [2.45, 2.75) is 12.5 Å². The number of ether oxygens (including phenoxy) is 1. The average molecular weight is 221 g/mol. The molecule has 1 N–H and O–H groups in total. The van der Waals surface area contributed by atoms with Crippen molar-refractivity contribution >= 4 is 17.7 Å². The molecule has 84 valence electrons. The van der Waals surface area contributed by atoms with Crippen LogP contribution in [0.5, 0.6) is 0 Å². The molecule has 1 aliphatic heterocycles. The Morgan fingerprint density at radius 2 is 2.06 bits per heavy atom. The van der Waals surface area contributed by atoms with Crippen LogP contribution in [-0.2, 0) is 9.53 Å². The number of amides is 1. The van der Waals surface area contributed by atoms with E-state index in [9.17, 15) is 9.59 Å². The van der Waals surface area contributed by atoms with E-state index in [0.717, 1.165) is 0 Å². The summed E-state index contributed by atoms with van der Waals surface area (Å²) in [5.41, 5.74) is -0.829. The average Bonchev–Trinajstić information content (AvgIpc) is 2.57. The van der Waals surface area contributed by atoms with Gasteiger partial charge in [-0.3, -0.25) is 4.90 Å². The van der Waals surface area contributed by atoms with Crippen molar-refractivity contribution in [2.24, 2.45) is 0 Å². The molecule has 1 amide bonds. The van der Waals surface area contributed by atoms with Gasteiger partial charge in [0.05, 0.1) is 6.54 Å². The normalized spacial score (nSPS) is 24.3. The number of rotatable bonds is 2. The minimum atomic E-state index is -1.47. The second-order valence-electron chi connectivity index (χ2n) is 3.83. The van der Waals surface area contributed by atoms with Gasteiger partial charge < -0.3 is 9.84 Å². The van der Waals surface area contributed by atoms with Crippen LogP contribution < -0.4 is 4.90 Å². The molecule has 0 aliphatic carbocycles. The number of carbonyl (C=O) groups excluding carboxylic acids is 1. The van der Waals surface area contributed by atoms with Crippen LogP contribution in [0.2, 0.25) is 0 Å². The van der Waals surface area contributed by atoms with Crippen LogP contribution in [0.3, 0.4) is 0 Å². The maximum Gasteiger partial charge on any atom is 0.415 e. The lowest BCUT2D eigenvalue weighted by Crippen LogP contribution is -2.39. The summed E-state index contributed by atoms with van der Waals surface area (Å²) in [6.45, 7) is 1.40. The minimum absolute atomic E-state index is 0.0190. The largest absolute Gasteiger partial charge is 0.478 e. The van der Waals surface area contributed by atoms with Gasteiger partial charge in [0.15, 0.2) is 0 Å². The van der Waals surface area contributed by atoms with E-state index in [2.05, 4.69) is 0 Å². The lowest BCUT2D eigenvalue weighted by atomic mass is 10.1. The summed E-state index contributed by atoms with van der Waals surface area (Å²) in [4.78, 5) is 23.8. The molecule has 0 aromatic heterocycles. The van der Waals surface area contributed by atoms with Gasteiger partial charge in [-0.25, -0.2) is 9.59 Å². The number of carboxylic acid groups (broad SMARTS) is 1. The number of carbonyl (C=O) groups is 2. The SMILES string of the molecule is CC1(C(=O)O)CN(c2ccccc2)C(=O)O1. The lowest BCUT2D eigenvalue weighted by Gasteiger charge is -2.15. The highest BCUT2D eigenvalue weighted by atomic mass is 16.6. The van der Waals surface area contributed by atoms with Crippen molar-refractivity contribution in [3.8, 4) is 0 Å². The van der Waals surface area contributed by atoms with Gasteiger partial charge in [0.2, 0.25) is 5.60 Å². The first kappa shape index (κ1) is 10.5.